The summed E-state index contributed by atoms with van der Waals surface area (Å²) in [6.07, 6.45) is 0.643. The fourth-order valence-electron chi connectivity index (χ4n) is 1.71. The molecule has 0 aromatic heterocycles. The number of aliphatic carboxylic acids is 1. The van der Waals surface area contributed by atoms with Gasteiger partial charge in [-0.2, -0.15) is 0 Å². The van der Waals surface area contributed by atoms with Crippen molar-refractivity contribution in [2.75, 3.05) is 26.7 Å². The first kappa shape index (κ1) is 15.0. The number of carbonyl (C=O) groups excluding carboxylic acids is 1. The van der Waals surface area contributed by atoms with Gasteiger partial charge in [0, 0.05) is 6.54 Å². The lowest BCUT2D eigenvalue weighted by atomic mass is 10.1. The molecular formula is C13H18N2O4. The molecule has 6 nitrogen and oxygen atoms in total. The van der Waals surface area contributed by atoms with E-state index in [1.807, 2.05) is 24.3 Å². The Balaban J connectivity index is 2.53. The Labute approximate surface area is 111 Å². The molecule has 1 amide bonds. The van der Waals surface area contributed by atoms with Crippen molar-refractivity contribution < 1.29 is 19.4 Å². The van der Waals surface area contributed by atoms with Crippen molar-refractivity contribution in [3.05, 3.63) is 29.8 Å². The lowest BCUT2D eigenvalue weighted by Gasteiger charge is -2.18. The van der Waals surface area contributed by atoms with Crippen molar-refractivity contribution in [1.29, 1.82) is 0 Å². The van der Waals surface area contributed by atoms with Gasteiger partial charge in [0.05, 0.1) is 20.2 Å². The van der Waals surface area contributed by atoms with E-state index in [0.717, 1.165) is 11.3 Å². The second-order valence-electron chi connectivity index (χ2n) is 4.17. The van der Waals surface area contributed by atoms with E-state index in [4.69, 9.17) is 15.6 Å². The molecule has 104 valence electrons. The van der Waals surface area contributed by atoms with Crippen LogP contribution in [0.15, 0.2) is 24.3 Å². The molecular weight excluding hydrogens is 248 g/mol. The van der Waals surface area contributed by atoms with Gasteiger partial charge in [-0.1, -0.05) is 12.1 Å². The average molecular weight is 266 g/mol. The SMILES string of the molecule is COc1ccc(CCN(CC(N)=O)CC(=O)O)cc1. The van der Waals surface area contributed by atoms with E-state index in [9.17, 15) is 9.59 Å². The van der Waals surface area contributed by atoms with Crippen molar-refractivity contribution in [3.8, 4) is 5.75 Å². The number of benzene rings is 1. The van der Waals surface area contributed by atoms with Gasteiger partial charge in [-0.3, -0.25) is 14.5 Å². The Kier molecular flexibility index (Phi) is 5.81. The molecule has 0 saturated carbocycles. The molecule has 0 radical (unpaired) electrons. The first-order valence-corrected chi connectivity index (χ1v) is 5.86. The maximum atomic E-state index is 10.9. The van der Waals surface area contributed by atoms with Crippen LogP contribution in [0.5, 0.6) is 5.75 Å². The van der Waals surface area contributed by atoms with Crippen molar-refractivity contribution in [3.63, 3.8) is 0 Å². The third kappa shape index (κ3) is 5.87. The second kappa shape index (κ2) is 7.38. The summed E-state index contributed by atoms with van der Waals surface area (Å²) < 4.78 is 5.05. The zero-order chi connectivity index (χ0) is 14.3. The summed E-state index contributed by atoms with van der Waals surface area (Å²) in [5, 5.41) is 8.75. The van der Waals surface area contributed by atoms with E-state index in [1.54, 1.807) is 7.11 Å². The molecule has 0 fully saturated rings. The largest absolute Gasteiger partial charge is 0.497 e. The van der Waals surface area contributed by atoms with Gasteiger partial charge in [0.2, 0.25) is 5.91 Å². The number of hydrogen-bond donors (Lipinski definition) is 2. The molecule has 0 aliphatic carbocycles. The van der Waals surface area contributed by atoms with Gasteiger partial charge < -0.3 is 15.6 Å². The molecule has 19 heavy (non-hydrogen) atoms. The Morgan fingerprint density at radius 2 is 1.89 bits per heavy atom. The van der Waals surface area contributed by atoms with Crippen LogP contribution >= 0.6 is 0 Å². The molecule has 0 atom stereocenters. The highest BCUT2D eigenvalue weighted by atomic mass is 16.5. The quantitative estimate of drug-likeness (QED) is 0.696. The van der Waals surface area contributed by atoms with E-state index < -0.39 is 11.9 Å². The number of amides is 1. The van der Waals surface area contributed by atoms with Gasteiger partial charge in [-0.05, 0) is 24.1 Å². The number of carbonyl (C=O) groups is 2. The number of ether oxygens (including phenoxy) is 1. The summed E-state index contributed by atoms with van der Waals surface area (Å²) >= 11 is 0. The number of nitrogens with zero attached hydrogens (tertiary/aromatic N) is 1. The first-order valence-electron chi connectivity index (χ1n) is 5.86. The average Bonchev–Trinajstić information content (AvgIpc) is 2.35. The summed E-state index contributed by atoms with van der Waals surface area (Å²) in [7, 11) is 1.59. The highest BCUT2D eigenvalue weighted by Crippen LogP contribution is 2.11. The van der Waals surface area contributed by atoms with Crippen LogP contribution in [0.3, 0.4) is 0 Å². The Hall–Kier alpha value is -2.08. The molecule has 0 aliphatic rings. The smallest absolute Gasteiger partial charge is 0.317 e. The second-order valence-corrected chi connectivity index (χ2v) is 4.17. The maximum Gasteiger partial charge on any atom is 0.317 e. The summed E-state index contributed by atoms with van der Waals surface area (Å²) in [4.78, 5) is 23.0. The minimum absolute atomic E-state index is 0.0531. The van der Waals surface area contributed by atoms with Gasteiger partial charge in [-0.25, -0.2) is 0 Å². The molecule has 0 heterocycles. The van der Waals surface area contributed by atoms with Crippen LogP contribution in [-0.2, 0) is 16.0 Å². The van der Waals surface area contributed by atoms with E-state index in [1.165, 1.54) is 4.90 Å². The topological polar surface area (TPSA) is 92.9 Å². The monoisotopic (exact) mass is 266 g/mol. The zero-order valence-electron chi connectivity index (χ0n) is 10.8. The molecule has 0 saturated heterocycles. The number of primary amides is 1. The van der Waals surface area contributed by atoms with Gasteiger partial charge in [0.25, 0.3) is 0 Å². The summed E-state index contributed by atoms with van der Waals surface area (Å²) in [6, 6.07) is 7.49. The minimum atomic E-state index is -0.976. The van der Waals surface area contributed by atoms with Crippen LogP contribution in [0.25, 0.3) is 0 Å². The molecule has 1 aromatic carbocycles. The summed E-state index contributed by atoms with van der Waals surface area (Å²) in [6.45, 7) is 0.211. The van der Waals surface area contributed by atoms with Crippen molar-refractivity contribution in [2.45, 2.75) is 6.42 Å². The molecule has 0 spiro atoms. The number of carboxylic acids is 1. The zero-order valence-corrected chi connectivity index (χ0v) is 10.8. The fraction of sp³-hybridized carbons (Fsp3) is 0.385. The third-order valence-corrected chi connectivity index (χ3v) is 2.61. The van der Waals surface area contributed by atoms with Crippen LogP contribution in [0.2, 0.25) is 0 Å². The number of nitrogens with two attached hydrogens (primary N) is 1. The van der Waals surface area contributed by atoms with Crippen molar-refractivity contribution >= 4 is 11.9 Å². The maximum absolute atomic E-state index is 10.9. The molecule has 1 aromatic rings. The van der Waals surface area contributed by atoms with Gasteiger partial charge in [-0.15, -0.1) is 0 Å². The number of hydrogen-bond acceptors (Lipinski definition) is 4. The lowest BCUT2D eigenvalue weighted by Crippen LogP contribution is -2.38. The standard InChI is InChI=1S/C13H18N2O4/c1-19-11-4-2-10(3-5-11)6-7-15(8-12(14)16)9-13(17)18/h2-5H,6-9H2,1H3,(H2,14,16)(H,17,18). The van der Waals surface area contributed by atoms with E-state index in [2.05, 4.69) is 0 Å². The van der Waals surface area contributed by atoms with Gasteiger partial charge in [0.15, 0.2) is 0 Å². The van der Waals surface area contributed by atoms with Crippen LogP contribution in [-0.4, -0.2) is 48.6 Å². The molecule has 0 unspecified atom stereocenters. The van der Waals surface area contributed by atoms with Crippen LogP contribution in [0.1, 0.15) is 5.56 Å². The molecule has 0 aliphatic heterocycles. The molecule has 6 heteroatoms. The Morgan fingerprint density at radius 1 is 1.26 bits per heavy atom. The molecule has 1 rings (SSSR count). The lowest BCUT2D eigenvalue weighted by molar-refractivity contribution is -0.138. The van der Waals surface area contributed by atoms with Crippen molar-refractivity contribution in [1.82, 2.24) is 4.90 Å². The predicted molar refractivity (Wildman–Crippen MR) is 70.0 cm³/mol. The first-order chi connectivity index (χ1) is 9.01. The Bertz CT molecular complexity index is 415. The normalized spacial score (nSPS) is 10.4. The highest BCUT2D eigenvalue weighted by molar-refractivity contribution is 5.77. The van der Waals surface area contributed by atoms with Crippen LogP contribution in [0.4, 0.5) is 0 Å². The summed E-state index contributed by atoms with van der Waals surface area (Å²) in [5.41, 5.74) is 6.13. The van der Waals surface area contributed by atoms with E-state index in [-0.39, 0.29) is 13.1 Å². The molecule has 0 bridgehead atoms. The van der Waals surface area contributed by atoms with E-state index in [0.29, 0.717) is 13.0 Å². The fourth-order valence-corrected chi connectivity index (χ4v) is 1.71. The highest BCUT2D eigenvalue weighted by Gasteiger charge is 2.12. The van der Waals surface area contributed by atoms with Crippen LogP contribution in [0, 0.1) is 0 Å². The predicted octanol–water partition coefficient (Wildman–Crippen LogP) is 0.110. The van der Waals surface area contributed by atoms with Crippen LogP contribution < -0.4 is 10.5 Å². The number of methoxy groups -OCH3 is 1. The number of carboxylic acid groups (broad SMARTS) is 1. The molecule has 3 N–H and O–H groups in total. The third-order valence-electron chi connectivity index (χ3n) is 2.61. The van der Waals surface area contributed by atoms with Gasteiger partial charge in [0.1, 0.15) is 5.75 Å². The van der Waals surface area contributed by atoms with Crippen molar-refractivity contribution in [2.24, 2.45) is 5.73 Å². The summed E-state index contributed by atoms with van der Waals surface area (Å²) in [5.74, 6) is -0.741. The van der Waals surface area contributed by atoms with E-state index >= 15 is 0 Å². The minimum Gasteiger partial charge on any atom is -0.497 e. The van der Waals surface area contributed by atoms with Gasteiger partial charge >= 0.3 is 5.97 Å². The Morgan fingerprint density at radius 3 is 2.37 bits per heavy atom. The number of rotatable bonds is 8.